The fraction of sp³-hybridized carbons (Fsp3) is 0.645. The first-order valence-electron chi connectivity index (χ1n) is 28.3. The van der Waals surface area contributed by atoms with Crippen molar-refractivity contribution in [1.82, 2.24) is 9.80 Å². The van der Waals surface area contributed by atoms with Crippen molar-refractivity contribution in [3.63, 3.8) is 0 Å². The lowest BCUT2D eigenvalue weighted by Crippen LogP contribution is -2.60. The van der Waals surface area contributed by atoms with Crippen LogP contribution >= 0.6 is 0 Å². The molecule has 0 N–H and O–H groups in total. The summed E-state index contributed by atoms with van der Waals surface area (Å²) in [6, 6.07) is 6.74. The molecule has 2 aliphatic heterocycles. The number of allylic oxidation sites excluding steroid dienone is 6. The van der Waals surface area contributed by atoms with Gasteiger partial charge in [-0.15, -0.1) is 0 Å². The number of carbonyl (C=O) groups is 6. The Morgan fingerprint density at radius 2 is 0.936 bits per heavy atom. The molecule has 0 saturated carbocycles. The minimum absolute atomic E-state index is 0.00394. The van der Waals surface area contributed by atoms with Crippen LogP contribution in [0.2, 0.25) is 0 Å². The Hall–Kier alpha value is -5.74. The Bertz CT molecular complexity index is 2320. The van der Waals surface area contributed by atoms with Crippen LogP contribution in [0.3, 0.4) is 0 Å². The Balaban J connectivity index is 0.860. The van der Waals surface area contributed by atoms with Crippen molar-refractivity contribution in [2.24, 2.45) is 11.8 Å². The number of benzene rings is 1. The van der Waals surface area contributed by atoms with E-state index in [2.05, 4.69) is 79.3 Å². The Morgan fingerprint density at radius 1 is 0.513 bits per heavy atom. The van der Waals surface area contributed by atoms with Crippen molar-refractivity contribution in [3.8, 4) is 5.75 Å². The lowest BCUT2D eigenvalue weighted by molar-refractivity contribution is -0.162. The van der Waals surface area contributed by atoms with Crippen molar-refractivity contribution >= 4 is 35.8 Å². The second-order valence-electron chi connectivity index (χ2n) is 23.8. The zero-order valence-electron chi connectivity index (χ0n) is 48.6. The molecule has 432 valence electrons. The highest BCUT2D eigenvalue weighted by atomic mass is 16.6. The van der Waals surface area contributed by atoms with E-state index < -0.39 is 29.8 Å². The van der Waals surface area contributed by atoms with Crippen molar-refractivity contribution in [2.75, 3.05) is 40.5 Å². The zero-order chi connectivity index (χ0) is 57.1. The van der Waals surface area contributed by atoms with Gasteiger partial charge in [-0.1, -0.05) is 13.0 Å². The number of piperidine rings is 2. The van der Waals surface area contributed by atoms with Crippen LogP contribution in [0.15, 0.2) is 84.1 Å². The summed E-state index contributed by atoms with van der Waals surface area (Å²) in [5.74, 6) is -1.13. The number of hydrogen-bond donors (Lipinski definition) is 0. The third kappa shape index (κ3) is 20.8. The van der Waals surface area contributed by atoms with Gasteiger partial charge in [-0.3, -0.25) is 33.8 Å². The normalized spacial score (nSPS) is 20.9. The standard InChI is InChI=1S/C62H90N2O14/c1-44-38-49(77-57(69)45-20-24-47(25-21-45)71-34-16-12-14-18-36-73-53(65)30-32-55(67)75-51-40-59(2,3)63(10)60(4,5)41-51)28-29-50(39-44)78-58(70)46-22-26-48(27-23-46)72-35-17-13-15-19-37-74-54(66)31-33-56(68)76-52-42-61(6,7)64(11)62(8,9)43-52/h20-22,24-29,38-39,44,46,51-52H,12-19,23,30-37,40-43H2,1-11H3. The highest BCUT2D eigenvalue weighted by molar-refractivity contribution is 5.90. The molecule has 78 heavy (non-hydrogen) atoms. The molecule has 0 amide bonds. The Kier molecular flexibility index (Phi) is 23.8. The third-order valence-corrected chi connectivity index (χ3v) is 15.5. The SMILES string of the molecule is CC1C=C(OC(=O)c2ccc(OCCCCCCOC(=O)CCC(=O)OC3CC(C)(C)N(C)C(C)(C)C3)cc2)C=CC(OC(=O)C2C=CC(OCCCCCCOC(=O)CCC(=O)OC3CC(C)(C)N(C)C(C)(C)C3)=CC2)=C1. The number of ether oxygens (including phenoxy) is 8. The predicted octanol–water partition coefficient (Wildman–Crippen LogP) is 11.4. The van der Waals surface area contributed by atoms with Crippen molar-refractivity contribution in [1.29, 1.82) is 0 Å². The number of likely N-dealkylation sites (tertiary alicyclic amines) is 2. The quantitative estimate of drug-likeness (QED) is 0.0438. The van der Waals surface area contributed by atoms with Gasteiger partial charge in [0.2, 0.25) is 0 Å². The van der Waals surface area contributed by atoms with Crippen molar-refractivity contribution in [2.45, 2.75) is 206 Å². The van der Waals surface area contributed by atoms with Crippen LogP contribution in [0.5, 0.6) is 5.75 Å². The molecule has 2 unspecified atom stereocenters. The van der Waals surface area contributed by atoms with E-state index in [9.17, 15) is 28.8 Å². The number of carbonyl (C=O) groups excluding carboxylic acids is 6. The van der Waals surface area contributed by atoms with Crippen LogP contribution in [0.4, 0.5) is 0 Å². The van der Waals surface area contributed by atoms with Crippen LogP contribution in [-0.4, -0.2) is 121 Å². The molecule has 2 saturated heterocycles. The van der Waals surface area contributed by atoms with Crippen LogP contribution in [0.1, 0.15) is 182 Å². The average Bonchev–Trinajstić information content (AvgIpc) is 3.60. The molecule has 1 aromatic rings. The molecular formula is C62H90N2O14. The largest absolute Gasteiger partial charge is 0.494 e. The van der Waals surface area contributed by atoms with E-state index in [0.717, 1.165) is 70.6 Å². The monoisotopic (exact) mass is 1090 g/mol. The molecule has 2 heterocycles. The van der Waals surface area contributed by atoms with Crippen molar-refractivity contribution in [3.05, 3.63) is 89.6 Å². The zero-order valence-corrected chi connectivity index (χ0v) is 48.6. The van der Waals surface area contributed by atoms with E-state index >= 15 is 0 Å². The summed E-state index contributed by atoms with van der Waals surface area (Å²) in [5.41, 5.74) is -0.0240. The molecule has 0 radical (unpaired) electrons. The van der Waals surface area contributed by atoms with Crippen LogP contribution in [-0.2, 0) is 57.1 Å². The second kappa shape index (κ2) is 29.5. The van der Waals surface area contributed by atoms with Gasteiger partial charge < -0.3 is 37.9 Å². The molecule has 0 aromatic heterocycles. The first-order valence-corrected chi connectivity index (χ1v) is 28.3. The summed E-state index contributed by atoms with van der Waals surface area (Å²) in [7, 11) is 4.20. The summed E-state index contributed by atoms with van der Waals surface area (Å²) in [6.07, 6.45) is 21.9. The molecule has 0 spiro atoms. The molecular weight excluding hydrogens is 997 g/mol. The van der Waals surface area contributed by atoms with Crippen LogP contribution in [0.25, 0.3) is 0 Å². The fourth-order valence-corrected chi connectivity index (χ4v) is 10.5. The molecule has 2 fully saturated rings. The van der Waals surface area contributed by atoms with E-state index in [1.54, 1.807) is 60.7 Å². The lowest BCUT2D eigenvalue weighted by atomic mass is 9.78. The number of esters is 6. The molecule has 4 aliphatic rings. The van der Waals surface area contributed by atoms with Gasteiger partial charge in [0.05, 0.1) is 63.6 Å². The summed E-state index contributed by atoms with van der Waals surface area (Å²) in [5, 5.41) is 0. The third-order valence-electron chi connectivity index (χ3n) is 15.5. The molecule has 16 heteroatoms. The summed E-state index contributed by atoms with van der Waals surface area (Å²) >= 11 is 0. The van der Waals surface area contributed by atoms with Gasteiger partial charge in [-0.25, -0.2) is 4.79 Å². The number of nitrogens with zero attached hydrogens (tertiary/aromatic N) is 2. The average molecular weight is 1090 g/mol. The molecule has 2 aliphatic carbocycles. The lowest BCUT2D eigenvalue weighted by Gasteiger charge is -2.53. The number of hydrogen-bond acceptors (Lipinski definition) is 16. The highest BCUT2D eigenvalue weighted by Crippen LogP contribution is 2.39. The van der Waals surface area contributed by atoms with E-state index in [-0.39, 0.29) is 77.9 Å². The van der Waals surface area contributed by atoms with Gasteiger partial charge >= 0.3 is 35.8 Å². The highest BCUT2D eigenvalue weighted by Gasteiger charge is 2.45. The molecule has 2 atom stereocenters. The van der Waals surface area contributed by atoms with Gasteiger partial charge in [0.1, 0.15) is 35.2 Å². The molecule has 0 bridgehead atoms. The molecule has 5 rings (SSSR count). The summed E-state index contributed by atoms with van der Waals surface area (Å²) in [4.78, 5) is 80.3. The van der Waals surface area contributed by atoms with E-state index in [0.29, 0.717) is 67.9 Å². The van der Waals surface area contributed by atoms with Crippen LogP contribution in [0, 0.1) is 11.8 Å². The van der Waals surface area contributed by atoms with E-state index in [1.165, 1.54) is 0 Å². The minimum Gasteiger partial charge on any atom is -0.494 e. The first-order chi connectivity index (χ1) is 36.8. The maximum atomic E-state index is 13.1. The second-order valence-corrected chi connectivity index (χ2v) is 23.8. The minimum atomic E-state index is -0.535. The van der Waals surface area contributed by atoms with Gasteiger partial charge in [0.25, 0.3) is 0 Å². The summed E-state index contributed by atoms with van der Waals surface area (Å²) in [6.45, 7) is 20.7. The van der Waals surface area contributed by atoms with Gasteiger partial charge in [-0.2, -0.15) is 0 Å². The van der Waals surface area contributed by atoms with Gasteiger partial charge in [-0.05, 0) is 194 Å². The van der Waals surface area contributed by atoms with E-state index in [4.69, 9.17) is 37.9 Å². The number of unbranched alkanes of at least 4 members (excludes halogenated alkanes) is 6. The maximum Gasteiger partial charge on any atom is 0.343 e. The topological polar surface area (TPSA) is 183 Å². The fourth-order valence-electron chi connectivity index (χ4n) is 10.5. The number of rotatable bonds is 28. The maximum absolute atomic E-state index is 13.1. The Labute approximate surface area is 464 Å². The van der Waals surface area contributed by atoms with Gasteiger partial charge in [0.15, 0.2) is 0 Å². The summed E-state index contributed by atoms with van der Waals surface area (Å²) < 4.78 is 45.4. The smallest absolute Gasteiger partial charge is 0.343 e. The van der Waals surface area contributed by atoms with E-state index in [1.807, 2.05) is 13.0 Å². The Morgan fingerprint density at radius 3 is 1.38 bits per heavy atom. The molecule has 16 nitrogen and oxygen atoms in total. The molecule has 1 aromatic carbocycles. The van der Waals surface area contributed by atoms with Crippen molar-refractivity contribution < 1.29 is 66.7 Å². The van der Waals surface area contributed by atoms with Gasteiger partial charge in [0, 0.05) is 47.8 Å². The predicted molar refractivity (Wildman–Crippen MR) is 297 cm³/mol. The van der Waals surface area contributed by atoms with Crippen LogP contribution < -0.4 is 4.74 Å². The first kappa shape index (κ1) is 63.1.